The van der Waals surface area contributed by atoms with Gasteiger partial charge in [-0.2, -0.15) is 13.2 Å². The smallest absolute Gasteiger partial charge is 0.324 e. The molecule has 3 nitrogen and oxygen atoms in total. The molecule has 1 atom stereocenters. The predicted molar refractivity (Wildman–Crippen MR) is 70.5 cm³/mol. The van der Waals surface area contributed by atoms with Crippen molar-refractivity contribution in [2.75, 3.05) is 0 Å². The number of aromatic nitrogens is 1. The second-order valence-electron chi connectivity index (χ2n) is 4.75. The number of alkyl halides is 3. The van der Waals surface area contributed by atoms with Crippen molar-refractivity contribution in [3.8, 4) is 0 Å². The van der Waals surface area contributed by atoms with E-state index in [2.05, 4.69) is 0 Å². The Morgan fingerprint density at radius 2 is 2.00 bits per heavy atom. The van der Waals surface area contributed by atoms with E-state index >= 15 is 0 Å². The molecule has 0 fully saturated rings. The topological polar surface area (TPSA) is 48.0 Å². The lowest BCUT2D eigenvalue weighted by molar-refractivity contribution is -0.136. The number of benzene rings is 1. The Balaban J connectivity index is 2.37. The highest BCUT2D eigenvalue weighted by molar-refractivity contribution is 5.93. The molecule has 0 aliphatic heterocycles. The van der Waals surface area contributed by atoms with E-state index in [-0.39, 0.29) is 12.3 Å². The second kappa shape index (κ2) is 5.28. The lowest BCUT2D eigenvalue weighted by Crippen LogP contribution is -2.15. The van der Waals surface area contributed by atoms with Crippen molar-refractivity contribution in [3.63, 3.8) is 0 Å². The van der Waals surface area contributed by atoms with Crippen LogP contribution in [0.4, 0.5) is 13.2 Å². The lowest BCUT2D eigenvalue weighted by Gasteiger charge is -2.12. The maximum absolute atomic E-state index is 12.3. The molecule has 0 aliphatic rings. The fourth-order valence-electron chi connectivity index (χ4n) is 2.24. The third-order valence-corrected chi connectivity index (χ3v) is 3.22. The van der Waals surface area contributed by atoms with E-state index in [4.69, 9.17) is 5.73 Å². The fraction of sp³-hybridized carbons (Fsp3) is 0.357. The van der Waals surface area contributed by atoms with Gasteiger partial charge in [-0.15, -0.1) is 0 Å². The molecular weight excluding hydrogens is 269 g/mol. The van der Waals surface area contributed by atoms with E-state index in [1.54, 1.807) is 24.3 Å². The molecule has 2 aromatic rings. The molecule has 0 radical (unpaired) electrons. The summed E-state index contributed by atoms with van der Waals surface area (Å²) in [7, 11) is 0. The Morgan fingerprint density at radius 3 is 2.60 bits per heavy atom. The molecule has 1 aromatic carbocycles. The van der Waals surface area contributed by atoms with Gasteiger partial charge < -0.3 is 5.73 Å². The third kappa shape index (κ3) is 3.01. The number of halogens is 3. The van der Waals surface area contributed by atoms with Crippen molar-refractivity contribution < 1.29 is 18.0 Å². The zero-order chi connectivity index (χ0) is 14.9. The molecule has 2 rings (SSSR count). The molecule has 0 saturated heterocycles. The van der Waals surface area contributed by atoms with Crippen molar-refractivity contribution in [1.82, 2.24) is 4.57 Å². The molecule has 20 heavy (non-hydrogen) atoms. The van der Waals surface area contributed by atoms with Crippen LogP contribution in [0.1, 0.15) is 36.2 Å². The summed E-state index contributed by atoms with van der Waals surface area (Å²) in [5.74, 6) is -0.199. The standard InChI is InChI=1S/C14H15F3N2O/c1-9(20)19-8-11(10-4-2-3-5-13(10)19)12(18)6-7-14(15,16)17/h2-5,8,12H,6-7,18H2,1H3/t12-/m1/s1. The van der Waals surface area contributed by atoms with Gasteiger partial charge in [0.25, 0.3) is 0 Å². The molecule has 0 amide bonds. The van der Waals surface area contributed by atoms with Crippen molar-refractivity contribution in [1.29, 1.82) is 0 Å². The first-order valence-electron chi connectivity index (χ1n) is 6.23. The van der Waals surface area contributed by atoms with E-state index in [0.717, 1.165) is 5.39 Å². The molecule has 2 N–H and O–H groups in total. The van der Waals surface area contributed by atoms with Crippen LogP contribution in [0, 0.1) is 0 Å². The predicted octanol–water partition coefficient (Wildman–Crippen LogP) is 3.64. The molecule has 1 heterocycles. The number of carbonyl (C=O) groups excluding carboxylic acids is 1. The first kappa shape index (κ1) is 14.6. The Labute approximate surface area is 114 Å². The summed E-state index contributed by atoms with van der Waals surface area (Å²) in [6.07, 6.45) is -3.83. The second-order valence-corrected chi connectivity index (χ2v) is 4.75. The van der Waals surface area contributed by atoms with Gasteiger partial charge >= 0.3 is 6.18 Å². The molecule has 0 unspecified atom stereocenters. The van der Waals surface area contributed by atoms with Gasteiger partial charge in [-0.3, -0.25) is 9.36 Å². The highest BCUT2D eigenvalue weighted by Crippen LogP contribution is 2.31. The fourth-order valence-corrected chi connectivity index (χ4v) is 2.24. The summed E-state index contributed by atoms with van der Waals surface area (Å²) in [5, 5.41) is 0.720. The average molecular weight is 284 g/mol. The first-order valence-corrected chi connectivity index (χ1v) is 6.23. The molecule has 0 bridgehead atoms. The number of fused-ring (bicyclic) bond motifs is 1. The summed E-state index contributed by atoms with van der Waals surface area (Å²) in [6, 6.07) is 6.30. The van der Waals surface area contributed by atoms with Crippen molar-refractivity contribution in [2.24, 2.45) is 5.73 Å². The maximum atomic E-state index is 12.3. The maximum Gasteiger partial charge on any atom is 0.389 e. The first-order chi connectivity index (χ1) is 9.29. The van der Waals surface area contributed by atoms with Crippen molar-refractivity contribution >= 4 is 16.8 Å². The average Bonchev–Trinajstić information content (AvgIpc) is 2.75. The van der Waals surface area contributed by atoms with Gasteiger partial charge in [0.15, 0.2) is 0 Å². The van der Waals surface area contributed by atoms with Crippen LogP contribution in [-0.4, -0.2) is 16.7 Å². The van der Waals surface area contributed by atoms with Crippen LogP contribution in [-0.2, 0) is 0 Å². The van der Waals surface area contributed by atoms with Crippen molar-refractivity contribution in [3.05, 3.63) is 36.0 Å². The van der Waals surface area contributed by atoms with Crippen LogP contribution < -0.4 is 5.73 Å². The molecule has 6 heteroatoms. The molecule has 1 aromatic heterocycles. The van der Waals surface area contributed by atoms with Crippen LogP contribution in [0.25, 0.3) is 10.9 Å². The summed E-state index contributed by atoms with van der Waals surface area (Å²) in [4.78, 5) is 11.6. The summed E-state index contributed by atoms with van der Waals surface area (Å²) in [5.41, 5.74) is 7.09. The monoisotopic (exact) mass is 284 g/mol. The van der Waals surface area contributed by atoms with Crippen LogP contribution in [0.15, 0.2) is 30.5 Å². The van der Waals surface area contributed by atoms with Crippen LogP contribution in [0.3, 0.4) is 0 Å². The summed E-state index contributed by atoms with van der Waals surface area (Å²) >= 11 is 0. The van der Waals surface area contributed by atoms with Gasteiger partial charge in [-0.25, -0.2) is 0 Å². The number of para-hydroxylation sites is 1. The zero-order valence-corrected chi connectivity index (χ0v) is 10.9. The van der Waals surface area contributed by atoms with Crippen LogP contribution in [0.2, 0.25) is 0 Å². The van der Waals surface area contributed by atoms with Gasteiger partial charge in [0.05, 0.1) is 5.52 Å². The molecule has 0 aliphatic carbocycles. The van der Waals surface area contributed by atoms with Gasteiger partial charge in [-0.1, -0.05) is 18.2 Å². The number of nitrogens with two attached hydrogens (primary N) is 1. The van der Waals surface area contributed by atoms with E-state index in [1.807, 2.05) is 0 Å². The lowest BCUT2D eigenvalue weighted by atomic mass is 10.0. The minimum absolute atomic E-state index is 0.199. The molecule has 0 saturated carbocycles. The van der Waals surface area contributed by atoms with Gasteiger partial charge in [0, 0.05) is 31.0 Å². The Morgan fingerprint density at radius 1 is 1.35 bits per heavy atom. The van der Waals surface area contributed by atoms with Crippen LogP contribution in [0.5, 0.6) is 0 Å². The van der Waals surface area contributed by atoms with Gasteiger partial charge in [-0.05, 0) is 18.1 Å². The minimum atomic E-state index is -4.23. The van der Waals surface area contributed by atoms with Crippen LogP contribution >= 0.6 is 0 Å². The number of nitrogens with zero attached hydrogens (tertiary/aromatic N) is 1. The summed E-state index contributed by atoms with van der Waals surface area (Å²) < 4.78 is 38.2. The minimum Gasteiger partial charge on any atom is -0.324 e. The number of hydrogen-bond acceptors (Lipinski definition) is 2. The van der Waals surface area contributed by atoms with Gasteiger partial charge in [0.2, 0.25) is 5.91 Å². The third-order valence-electron chi connectivity index (χ3n) is 3.22. The van der Waals surface area contributed by atoms with E-state index < -0.39 is 18.6 Å². The van der Waals surface area contributed by atoms with E-state index in [9.17, 15) is 18.0 Å². The highest BCUT2D eigenvalue weighted by atomic mass is 19.4. The largest absolute Gasteiger partial charge is 0.389 e. The normalized spacial score (nSPS) is 13.7. The number of carbonyl (C=O) groups is 1. The quantitative estimate of drug-likeness (QED) is 0.935. The molecular formula is C14H15F3N2O. The Bertz CT molecular complexity index is 631. The molecule has 108 valence electrons. The highest BCUT2D eigenvalue weighted by Gasteiger charge is 2.28. The SMILES string of the molecule is CC(=O)n1cc([C@H](N)CCC(F)(F)F)c2ccccc21. The Kier molecular flexibility index (Phi) is 3.85. The van der Waals surface area contributed by atoms with E-state index in [1.165, 1.54) is 17.7 Å². The van der Waals surface area contributed by atoms with E-state index in [0.29, 0.717) is 11.1 Å². The molecule has 0 spiro atoms. The Hall–Kier alpha value is -1.82. The van der Waals surface area contributed by atoms with Gasteiger partial charge in [0.1, 0.15) is 0 Å². The number of hydrogen-bond donors (Lipinski definition) is 1. The zero-order valence-electron chi connectivity index (χ0n) is 10.9. The number of rotatable bonds is 3. The summed E-state index contributed by atoms with van der Waals surface area (Å²) in [6.45, 7) is 1.40. The van der Waals surface area contributed by atoms with Crippen molar-refractivity contribution in [2.45, 2.75) is 32.0 Å².